The lowest BCUT2D eigenvalue weighted by Gasteiger charge is -2.16. The van der Waals surface area contributed by atoms with Gasteiger partial charge in [-0.05, 0) is 49.1 Å². The van der Waals surface area contributed by atoms with Crippen molar-refractivity contribution >= 4 is 0 Å². The van der Waals surface area contributed by atoms with Crippen LogP contribution in [0, 0.1) is 12.8 Å². The van der Waals surface area contributed by atoms with E-state index < -0.39 is 0 Å². The monoisotopic (exact) mass is 235 g/mol. The van der Waals surface area contributed by atoms with Gasteiger partial charge in [0.1, 0.15) is 5.75 Å². The highest BCUT2D eigenvalue weighted by molar-refractivity contribution is 5.34. The summed E-state index contributed by atoms with van der Waals surface area (Å²) in [7, 11) is 1.71. The Morgan fingerprint density at radius 2 is 1.94 bits per heavy atom. The number of hydrogen-bond acceptors (Lipinski definition) is 2. The van der Waals surface area contributed by atoms with Crippen LogP contribution in [0.2, 0.25) is 0 Å². The summed E-state index contributed by atoms with van der Waals surface area (Å²) in [4.78, 5) is 0. The third-order valence-electron chi connectivity index (χ3n) is 2.99. The van der Waals surface area contributed by atoms with Gasteiger partial charge in [0, 0.05) is 6.04 Å². The maximum Gasteiger partial charge on any atom is 0.119 e. The van der Waals surface area contributed by atoms with Crippen LogP contribution in [-0.2, 0) is 6.42 Å². The number of methoxy groups -OCH3 is 1. The van der Waals surface area contributed by atoms with Crippen LogP contribution in [0.15, 0.2) is 18.2 Å². The van der Waals surface area contributed by atoms with Gasteiger partial charge in [-0.2, -0.15) is 0 Å². The molecule has 0 aliphatic heterocycles. The molecule has 0 spiro atoms. The molecule has 1 unspecified atom stereocenters. The fourth-order valence-electron chi connectivity index (χ4n) is 1.91. The lowest BCUT2D eigenvalue weighted by atomic mass is 9.97. The zero-order chi connectivity index (χ0) is 12.8. The predicted octanol–water partition coefficient (Wildman–Crippen LogP) is 3.18. The standard InChI is InChI=1S/C15H25NO/c1-11(2)16-10-12(3)8-14-6-7-15(17-5)9-13(14)4/h6-7,9,11-12,16H,8,10H2,1-5H3. The van der Waals surface area contributed by atoms with E-state index in [1.165, 1.54) is 11.1 Å². The molecule has 1 aromatic carbocycles. The highest BCUT2D eigenvalue weighted by Crippen LogP contribution is 2.19. The van der Waals surface area contributed by atoms with Gasteiger partial charge in [-0.25, -0.2) is 0 Å². The molecule has 0 bridgehead atoms. The summed E-state index contributed by atoms with van der Waals surface area (Å²) in [6.07, 6.45) is 1.12. The number of benzene rings is 1. The van der Waals surface area contributed by atoms with Crippen LogP contribution in [0.1, 0.15) is 31.9 Å². The van der Waals surface area contributed by atoms with Crippen molar-refractivity contribution in [1.29, 1.82) is 0 Å². The van der Waals surface area contributed by atoms with Gasteiger partial charge in [-0.1, -0.05) is 26.8 Å². The molecule has 1 N–H and O–H groups in total. The van der Waals surface area contributed by atoms with Gasteiger partial charge in [-0.15, -0.1) is 0 Å². The molecule has 0 fully saturated rings. The maximum atomic E-state index is 5.22. The summed E-state index contributed by atoms with van der Waals surface area (Å²) < 4.78 is 5.22. The van der Waals surface area contributed by atoms with Gasteiger partial charge in [0.2, 0.25) is 0 Å². The molecule has 0 saturated heterocycles. The van der Waals surface area contributed by atoms with Crippen LogP contribution in [-0.4, -0.2) is 19.7 Å². The van der Waals surface area contributed by atoms with Crippen molar-refractivity contribution in [3.63, 3.8) is 0 Å². The molecule has 96 valence electrons. The normalized spacial score (nSPS) is 12.8. The first-order valence-electron chi connectivity index (χ1n) is 6.39. The summed E-state index contributed by atoms with van der Waals surface area (Å²) >= 11 is 0. The summed E-state index contributed by atoms with van der Waals surface area (Å²) in [6, 6.07) is 6.90. The van der Waals surface area contributed by atoms with Crippen molar-refractivity contribution in [3.8, 4) is 5.75 Å². The molecule has 1 atom stereocenters. The van der Waals surface area contributed by atoms with Crippen molar-refractivity contribution in [2.75, 3.05) is 13.7 Å². The Balaban J connectivity index is 2.56. The highest BCUT2D eigenvalue weighted by Gasteiger charge is 2.07. The SMILES string of the molecule is COc1ccc(CC(C)CNC(C)C)c(C)c1. The number of aryl methyl sites for hydroxylation is 1. The van der Waals surface area contributed by atoms with E-state index in [9.17, 15) is 0 Å². The zero-order valence-electron chi connectivity index (χ0n) is 11.7. The molecule has 1 aromatic rings. The topological polar surface area (TPSA) is 21.3 Å². The molecule has 0 aromatic heterocycles. The van der Waals surface area contributed by atoms with Crippen LogP contribution >= 0.6 is 0 Å². The molecule has 0 amide bonds. The Hall–Kier alpha value is -1.02. The first kappa shape index (κ1) is 14.0. The van der Waals surface area contributed by atoms with Gasteiger partial charge in [0.25, 0.3) is 0 Å². The first-order valence-corrected chi connectivity index (χ1v) is 6.39. The molecule has 2 heteroatoms. The van der Waals surface area contributed by atoms with E-state index in [0.717, 1.165) is 18.7 Å². The molecule has 0 heterocycles. The second-order valence-electron chi connectivity index (χ2n) is 5.16. The van der Waals surface area contributed by atoms with Crippen molar-refractivity contribution in [2.45, 2.75) is 40.2 Å². The summed E-state index contributed by atoms with van der Waals surface area (Å²) in [5.41, 5.74) is 2.74. The Morgan fingerprint density at radius 1 is 1.24 bits per heavy atom. The Morgan fingerprint density at radius 3 is 2.47 bits per heavy atom. The van der Waals surface area contributed by atoms with Crippen LogP contribution in [0.4, 0.5) is 0 Å². The van der Waals surface area contributed by atoms with E-state index in [4.69, 9.17) is 4.74 Å². The quantitative estimate of drug-likeness (QED) is 0.817. The Kier molecular flexibility index (Phi) is 5.49. The fourth-order valence-corrected chi connectivity index (χ4v) is 1.91. The average molecular weight is 235 g/mol. The summed E-state index contributed by atoms with van der Waals surface area (Å²) in [5.74, 6) is 1.60. The average Bonchev–Trinajstić information content (AvgIpc) is 2.29. The van der Waals surface area contributed by atoms with Gasteiger partial charge in [0.15, 0.2) is 0 Å². The third kappa shape index (κ3) is 4.78. The van der Waals surface area contributed by atoms with E-state index in [2.05, 4.69) is 45.1 Å². The summed E-state index contributed by atoms with van der Waals surface area (Å²) in [6.45, 7) is 9.89. The van der Waals surface area contributed by atoms with Crippen molar-refractivity contribution < 1.29 is 4.74 Å². The minimum absolute atomic E-state index is 0.564. The number of nitrogens with one attached hydrogen (secondary N) is 1. The predicted molar refractivity (Wildman–Crippen MR) is 73.7 cm³/mol. The van der Waals surface area contributed by atoms with E-state index in [0.29, 0.717) is 12.0 Å². The van der Waals surface area contributed by atoms with Gasteiger partial charge in [0.05, 0.1) is 7.11 Å². The molecule has 0 aliphatic rings. The first-order chi connectivity index (χ1) is 8.02. The smallest absolute Gasteiger partial charge is 0.119 e. The number of rotatable bonds is 6. The van der Waals surface area contributed by atoms with Crippen molar-refractivity contribution in [3.05, 3.63) is 29.3 Å². The molecule has 2 nitrogen and oxygen atoms in total. The second kappa shape index (κ2) is 6.65. The highest BCUT2D eigenvalue weighted by atomic mass is 16.5. The zero-order valence-corrected chi connectivity index (χ0v) is 11.7. The van der Waals surface area contributed by atoms with Gasteiger partial charge >= 0.3 is 0 Å². The maximum absolute atomic E-state index is 5.22. The van der Waals surface area contributed by atoms with Gasteiger partial charge in [-0.3, -0.25) is 0 Å². The third-order valence-corrected chi connectivity index (χ3v) is 2.99. The molecule has 0 radical (unpaired) electrons. The van der Waals surface area contributed by atoms with Crippen LogP contribution < -0.4 is 10.1 Å². The molecule has 1 rings (SSSR count). The Bertz CT molecular complexity index is 347. The van der Waals surface area contributed by atoms with E-state index in [1.807, 2.05) is 6.07 Å². The van der Waals surface area contributed by atoms with E-state index in [1.54, 1.807) is 7.11 Å². The number of hydrogen-bond donors (Lipinski definition) is 1. The minimum Gasteiger partial charge on any atom is -0.497 e. The number of ether oxygens (including phenoxy) is 1. The Labute approximate surface area is 105 Å². The molecule has 0 aliphatic carbocycles. The summed E-state index contributed by atoms with van der Waals surface area (Å²) in [5, 5.41) is 3.48. The van der Waals surface area contributed by atoms with Crippen LogP contribution in [0.5, 0.6) is 5.75 Å². The second-order valence-corrected chi connectivity index (χ2v) is 5.16. The largest absolute Gasteiger partial charge is 0.497 e. The molecule has 17 heavy (non-hydrogen) atoms. The lowest BCUT2D eigenvalue weighted by Crippen LogP contribution is -2.28. The lowest BCUT2D eigenvalue weighted by molar-refractivity contribution is 0.414. The minimum atomic E-state index is 0.564. The van der Waals surface area contributed by atoms with Crippen LogP contribution in [0.25, 0.3) is 0 Å². The van der Waals surface area contributed by atoms with E-state index in [-0.39, 0.29) is 0 Å². The van der Waals surface area contributed by atoms with Gasteiger partial charge < -0.3 is 10.1 Å². The fraction of sp³-hybridized carbons (Fsp3) is 0.600. The molecule has 0 saturated carbocycles. The van der Waals surface area contributed by atoms with E-state index >= 15 is 0 Å². The van der Waals surface area contributed by atoms with Crippen LogP contribution in [0.3, 0.4) is 0 Å². The van der Waals surface area contributed by atoms with Crippen molar-refractivity contribution in [2.24, 2.45) is 5.92 Å². The molecular formula is C15H25NO. The molecular weight excluding hydrogens is 210 g/mol. The van der Waals surface area contributed by atoms with Crippen molar-refractivity contribution in [1.82, 2.24) is 5.32 Å².